The average Bonchev–Trinajstić information content (AvgIpc) is 3.21. The van der Waals surface area contributed by atoms with Crippen molar-refractivity contribution >= 4 is 59.3 Å². The van der Waals surface area contributed by atoms with E-state index in [2.05, 4.69) is 46.3 Å². The van der Waals surface area contributed by atoms with Gasteiger partial charge in [-0.25, -0.2) is 0 Å². The van der Waals surface area contributed by atoms with E-state index < -0.39 is 0 Å². The van der Waals surface area contributed by atoms with Crippen LogP contribution >= 0.6 is 24.4 Å². The molecule has 8 heteroatoms. The van der Waals surface area contributed by atoms with Gasteiger partial charge in [-0.05, 0) is 90.2 Å². The largest absolute Gasteiger partial charge is 0.494 e. The predicted molar refractivity (Wildman–Crippen MR) is 164 cm³/mol. The third-order valence-corrected chi connectivity index (χ3v) is 6.74. The topological polar surface area (TPSA) is 71.3 Å². The number of fused-ring (bicyclic) bond motifs is 3. The van der Waals surface area contributed by atoms with Gasteiger partial charge in [0.15, 0.2) is 10.2 Å². The zero-order valence-corrected chi connectivity index (χ0v) is 22.6. The summed E-state index contributed by atoms with van der Waals surface area (Å²) in [7, 11) is 5.95. The first-order valence-electron chi connectivity index (χ1n) is 12.8. The summed E-state index contributed by atoms with van der Waals surface area (Å²) >= 11 is 10.4. The molecule has 0 aromatic heterocycles. The van der Waals surface area contributed by atoms with Crippen molar-refractivity contribution in [2.45, 2.75) is 44.9 Å². The summed E-state index contributed by atoms with van der Waals surface area (Å²) < 4.78 is 5.83. The molecule has 37 heavy (non-hydrogen) atoms. The summed E-state index contributed by atoms with van der Waals surface area (Å²) in [5.41, 5.74) is 13.3. The summed E-state index contributed by atoms with van der Waals surface area (Å²) in [6, 6.07) is 20.3. The van der Waals surface area contributed by atoms with Gasteiger partial charge in [0.05, 0.1) is 6.61 Å². The highest BCUT2D eigenvalue weighted by Crippen LogP contribution is 2.37. The SMILES string of the molecule is [B]c1ccc2c(c1)Cc1cc(NC(=S)NCCCCCCCCOc3cccc(NC(N)=S)c3)ccc1-2. The number of anilines is 2. The Morgan fingerprint density at radius 3 is 2.32 bits per heavy atom. The molecule has 1 aliphatic rings. The molecule has 0 atom stereocenters. The minimum Gasteiger partial charge on any atom is -0.494 e. The Hall–Kier alpha value is -3.10. The van der Waals surface area contributed by atoms with E-state index in [9.17, 15) is 0 Å². The van der Waals surface area contributed by atoms with Crippen LogP contribution in [0.25, 0.3) is 11.1 Å². The first kappa shape index (κ1) is 27.0. The van der Waals surface area contributed by atoms with Crippen LogP contribution in [-0.4, -0.2) is 31.2 Å². The molecule has 0 aliphatic heterocycles. The second kappa shape index (κ2) is 13.4. The first-order valence-corrected chi connectivity index (χ1v) is 13.7. The maximum atomic E-state index is 5.95. The molecule has 4 rings (SSSR count). The van der Waals surface area contributed by atoms with E-state index >= 15 is 0 Å². The van der Waals surface area contributed by atoms with Crippen molar-refractivity contribution in [2.75, 3.05) is 23.8 Å². The lowest BCUT2D eigenvalue weighted by atomic mass is 9.92. The van der Waals surface area contributed by atoms with Gasteiger partial charge in [0.2, 0.25) is 0 Å². The van der Waals surface area contributed by atoms with Gasteiger partial charge < -0.3 is 26.4 Å². The number of benzene rings is 3. The maximum Gasteiger partial charge on any atom is 0.170 e. The van der Waals surface area contributed by atoms with E-state index in [4.69, 9.17) is 42.8 Å². The first-order chi connectivity index (χ1) is 18.0. The summed E-state index contributed by atoms with van der Waals surface area (Å²) in [6.45, 7) is 1.59. The zero-order chi connectivity index (χ0) is 26.0. The van der Waals surface area contributed by atoms with Crippen LogP contribution in [0.4, 0.5) is 11.4 Å². The van der Waals surface area contributed by atoms with Crippen LogP contribution in [0, 0.1) is 0 Å². The molecule has 5 nitrogen and oxygen atoms in total. The summed E-state index contributed by atoms with van der Waals surface area (Å²) in [5.74, 6) is 0.826. The fourth-order valence-corrected chi connectivity index (χ4v) is 4.95. The number of hydrogen-bond acceptors (Lipinski definition) is 3. The molecule has 0 heterocycles. The number of ether oxygens (including phenoxy) is 1. The Morgan fingerprint density at radius 2 is 1.51 bits per heavy atom. The van der Waals surface area contributed by atoms with E-state index in [1.165, 1.54) is 41.5 Å². The second-order valence-corrected chi connectivity index (χ2v) is 10.2. The van der Waals surface area contributed by atoms with Crippen LogP contribution in [-0.2, 0) is 6.42 Å². The zero-order valence-electron chi connectivity index (χ0n) is 21.0. The molecule has 1 aliphatic carbocycles. The van der Waals surface area contributed by atoms with Crippen LogP contribution < -0.4 is 31.9 Å². The van der Waals surface area contributed by atoms with E-state index in [0.29, 0.717) is 11.7 Å². The smallest absolute Gasteiger partial charge is 0.170 e. The van der Waals surface area contributed by atoms with Crippen LogP contribution in [0.3, 0.4) is 0 Å². The normalized spacial score (nSPS) is 11.4. The Labute approximate surface area is 232 Å². The van der Waals surface area contributed by atoms with Crippen LogP contribution in [0.15, 0.2) is 60.7 Å². The third kappa shape index (κ3) is 8.20. The highest BCUT2D eigenvalue weighted by atomic mass is 32.1. The fourth-order valence-electron chi connectivity index (χ4n) is 4.62. The van der Waals surface area contributed by atoms with Gasteiger partial charge in [0.25, 0.3) is 0 Å². The van der Waals surface area contributed by atoms with E-state index in [0.717, 1.165) is 54.8 Å². The van der Waals surface area contributed by atoms with Crippen molar-refractivity contribution < 1.29 is 4.74 Å². The van der Waals surface area contributed by atoms with E-state index in [1.54, 1.807) is 0 Å². The Bertz CT molecular complexity index is 1250. The molecule has 0 fully saturated rings. The molecule has 3 aromatic rings. The lowest BCUT2D eigenvalue weighted by Gasteiger charge is -2.12. The van der Waals surface area contributed by atoms with Crippen molar-refractivity contribution in [1.82, 2.24) is 5.32 Å². The Kier molecular flexibility index (Phi) is 9.80. The number of nitrogens with one attached hydrogen (secondary N) is 3. The molecule has 0 saturated carbocycles. The summed E-state index contributed by atoms with van der Waals surface area (Å²) in [4.78, 5) is 0. The molecule has 190 valence electrons. The molecule has 3 aromatic carbocycles. The standard InChI is InChI=1S/C29H33BN4OS2/c30-22-10-12-26-20(17-22)16-21-18-24(11-13-27(21)26)34-29(37)32-14-5-3-1-2-4-6-15-35-25-9-7-8-23(19-25)33-28(31)36/h7-13,17-19H,1-6,14-16H2,(H3,31,33,36)(H2,32,34,37). The van der Waals surface area contributed by atoms with Crippen LogP contribution in [0.2, 0.25) is 0 Å². The van der Waals surface area contributed by atoms with E-state index in [-0.39, 0.29) is 5.11 Å². The minimum atomic E-state index is 0.253. The highest BCUT2D eigenvalue weighted by Gasteiger charge is 2.18. The number of unbranched alkanes of at least 4 members (excludes halogenated alkanes) is 5. The van der Waals surface area contributed by atoms with Gasteiger partial charge in [-0.2, -0.15) is 0 Å². The minimum absolute atomic E-state index is 0.253. The molecule has 2 radical (unpaired) electrons. The predicted octanol–water partition coefficient (Wildman–Crippen LogP) is 5.41. The van der Waals surface area contributed by atoms with Crippen molar-refractivity contribution in [3.63, 3.8) is 0 Å². The van der Waals surface area contributed by atoms with Gasteiger partial charge in [0.1, 0.15) is 13.6 Å². The van der Waals surface area contributed by atoms with Gasteiger partial charge in [0, 0.05) is 24.0 Å². The maximum absolute atomic E-state index is 5.95. The Balaban J connectivity index is 1.04. The van der Waals surface area contributed by atoms with E-state index in [1.807, 2.05) is 30.3 Å². The lowest BCUT2D eigenvalue weighted by Crippen LogP contribution is -2.29. The Morgan fingerprint density at radius 1 is 0.811 bits per heavy atom. The summed E-state index contributed by atoms with van der Waals surface area (Å²) in [6.07, 6.45) is 7.81. The van der Waals surface area contributed by atoms with Gasteiger partial charge >= 0.3 is 0 Å². The average molecular weight is 529 g/mol. The fraction of sp³-hybridized carbons (Fsp3) is 0.310. The van der Waals surface area contributed by atoms with Gasteiger partial charge in [-0.3, -0.25) is 0 Å². The molecular weight excluding hydrogens is 495 g/mol. The van der Waals surface area contributed by atoms with Crippen molar-refractivity contribution in [3.05, 3.63) is 71.8 Å². The number of nitrogens with two attached hydrogens (primary N) is 1. The third-order valence-electron chi connectivity index (χ3n) is 6.39. The molecule has 0 amide bonds. The monoisotopic (exact) mass is 528 g/mol. The molecule has 0 unspecified atom stereocenters. The lowest BCUT2D eigenvalue weighted by molar-refractivity contribution is 0.304. The molecule has 0 saturated heterocycles. The second-order valence-electron chi connectivity index (χ2n) is 9.33. The summed E-state index contributed by atoms with van der Waals surface area (Å²) in [5, 5.41) is 10.5. The van der Waals surface area contributed by atoms with Crippen molar-refractivity contribution in [3.8, 4) is 16.9 Å². The number of thiocarbonyl (C=S) groups is 2. The van der Waals surface area contributed by atoms with Crippen molar-refractivity contribution in [2.24, 2.45) is 5.73 Å². The molecular formula is C29H33BN4OS2. The quantitative estimate of drug-likeness (QED) is 0.111. The number of hydrogen-bond donors (Lipinski definition) is 4. The molecule has 5 N–H and O–H groups in total. The van der Waals surface area contributed by atoms with Crippen LogP contribution in [0.5, 0.6) is 5.75 Å². The molecule has 0 spiro atoms. The van der Waals surface area contributed by atoms with Gasteiger partial charge in [-0.15, -0.1) is 0 Å². The van der Waals surface area contributed by atoms with Crippen molar-refractivity contribution in [1.29, 1.82) is 0 Å². The van der Waals surface area contributed by atoms with Crippen LogP contribution in [0.1, 0.15) is 49.7 Å². The highest BCUT2D eigenvalue weighted by molar-refractivity contribution is 7.80. The molecule has 0 bridgehead atoms. The number of rotatable bonds is 12. The van der Waals surface area contributed by atoms with Gasteiger partial charge in [-0.1, -0.05) is 61.5 Å².